The van der Waals surface area contributed by atoms with E-state index in [2.05, 4.69) is 55.3 Å². The van der Waals surface area contributed by atoms with Crippen molar-refractivity contribution in [1.82, 2.24) is 9.88 Å². The van der Waals surface area contributed by atoms with Gasteiger partial charge in [0.15, 0.2) is 0 Å². The Morgan fingerprint density at radius 2 is 1.83 bits per heavy atom. The van der Waals surface area contributed by atoms with Crippen LogP contribution in [-0.2, 0) is 0 Å². The molecule has 0 aliphatic heterocycles. The van der Waals surface area contributed by atoms with Crippen molar-refractivity contribution in [3.63, 3.8) is 0 Å². The molecule has 0 amide bonds. The predicted molar refractivity (Wildman–Crippen MR) is 78.0 cm³/mol. The molecule has 0 saturated heterocycles. The summed E-state index contributed by atoms with van der Waals surface area (Å²) < 4.78 is 0. The fraction of sp³-hybridized carbons (Fsp3) is 0.400. The summed E-state index contributed by atoms with van der Waals surface area (Å²) in [7, 11) is 4.19. The van der Waals surface area contributed by atoms with Crippen LogP contribution in [0.25, 0.3) is 10.9 Å². The van der Waals surface area contributed by atoms with Crippen molar-refractivity contribution in [3.8, 4) is 0 Å². The summed E-state index contributed by atoms with van der Waals surface area (Å²) in [4.78, 5) is 6.82. The Morgan fingerprint density at radius 1 is 1.11 bits per heavy atom. The van der Waals surface area contributed by atoms with E-state index < -0.39 is 0 Å². The maximum Gasteiger partial charge on any atom is 0.126 e. The third-order valence-electron chi connectivity index (χ3n) is 3.51. The van der Waals surface area contributed by atoms with Crippen molar-refractivity contribution < 1.29 is 0 Å². The highest BCUT2D eigenvalue weighted by Gasteiger charge is 2.19. The average molecular weight is 243 g/mol. The van der Waals surface area contributed by atoms with Crippen molar-refractivity contribution in [2.24, 2.45) is 0 Å². The molecular formula is C15H21N3. The predicted octanol–water partition coefficient (Wildman–Crippen LogP) is 2.99. The van der Waals surface area contributed by atoms with E-state index in [0.29, 0.717) is 0 Å². The fourth-order valence-electron chi connectivity index (χ4n) is 1.63. The topological polar surface area (TPSA) is 28.2 Å². The zero-order chi connectivity index (χ0) is 13.2. The lowest BCUT2D eigenvalue weighted by Gasteiger charge is -2.32. The Balaban J connectivity index is 2.13. The van der Waals surface area contributed by atoms with E-state index in [4.69, 9.17) is 0 Å². The van der Waals surface area contributed by atoms with Crippen molar-refractivity contribution in [1.29, 1.82) is 0 Å². The summed E-state index contributed by atoms with van der Waals surface area (Å²) in [5.41, 5.74) is 1.14. The van der Waals surface area contributed by atoms with E-state index >= 15 is 0 Å². The Kier molecular flexibility index (Phi) is 3.53. The SMILES string of the molecule is CN(C)C(C)(C)CNc1ccc2ccccc2n1. The molecule has 2 rings (SSSR count). The number of pyridine rings is 1. The first kappa shape index (κ1) is 12.8. The molecule has 0 saturated carbocycles. The normalized spacial score (nSPS) is 12.1. The second-order valence-electron chi connectivity index (χ2n) is 5.45. The summed E-state index contributed by atoms with van der Waals surface area (Å²) in [5.74, 6) is 0.934. The van der Waals surface area contributed by atoms with Crippen LogP contribution in [0.2, 0.25) is 0 Å². The van der Waals surface area contributed by atoms with Gasteiger partial charge in [0, 0.05) is 17.5 Å². The van der Waals surface area contributed by atoms with Crippen LogP contribution in [0.3, 0.4) is 0 Å². The van der Waals surface area contributed by atoms with E-state index in [-0.39, 0.29) is 5.54 Å². The molecule has 0 spiro atoms. The number of hydrogen-bond acceptors (Lipinski definition) is 3. The van der Waals surface area contributed by atoms with Gasteiger partial charge in [0.1, 0.15) is 5.82 Å². The zero-order valence-electron chi connectivity index (χ0n) is 11.6. The molecule has 1 aromatic heterocycles. The van der Waals surface area contributed by atoms with Crippen LogP contribution in [0.15, 0.2) is 36.4 Å². The standard InChI is InChI=1S/C15H21N3/c1-15(2,18(3)4)11-16-14-10-9-12-7-5-6-8-13(12)17-14/h5-10H,11H2,1-4H3,(H,16,17). The number of benzene rings is 1. The molecule has 2 aromatic rings. The summed E-state index contributed by atoms with van der Waals surface area (Å²) in [6.45, 7) is 5.29. The Morgan fingerprint density at radius 3 is 2.56 bits per heavy atom. The number of likely N-dealkylation sites (N-methyl/N-ethyl adjacent to an activating group) is 1. The molecule has 1 aromatic carbocycles. The maximum absolute atomic E-state index is 4.61. The maximum atomic E-state index is 4.61. The van der Waals surface area contributed by atoms with Crippen molar-refractivity contribution in [2.75, 3.05) is 26.0 Å². The van der Waals surface area contributed by atoms with Crippen LogP contribution in [0.5, 0.6) is 0 Å². The van der Waals surface area contributed by atoms with Crippen LogP contribution in [0, 0.1) is 0 Å². The molecule has 0 aliphatic carbocycles. The van der Waals surface area contributed by atoms with Crippen molar-refractivity contribution in [3.05, 3.63) is 36.4 Å². The van der Waals surface area contributed by atoms with Gasteiger partial charge in [-0.1, -0.05) is 18.2 Å². The summed E-state index contributed by atoms with van der Waals surface area (Å²) in [6.07, 6.45) is 0. The molecule has 0 unspecified atom stereocenters. The van der Waals surface area contributed by atoms with Gasteiger partial charge in [-0.3, -0.25) is 0 Å². The third-order valence-corrected chi connectivity index (χ3v) is 3.51. The van der Waals surface area contributed by atoms with Crippen LogP contribution in [0.4, 0.5) is 5.82 Å². The number of nitrogens with zero attached hydrogens (tertiary/aromatic N) is 2. The molecule has 96 valence electrons. The molecule has 0 aliphatic rings. The zero-order valence-corrected chi connectivity index (χ0v) is 11.6. The molecule has 3 heteroatoms. The Bertz CT molecular complexity index is 532. The molecule has 3 nitrogen and oxygen atoms in total. The van der Waals surface area contributed by atoms with E-state index in [1.54, 1.807) is 0 Å². The van der Waals surface area contributed by atoms with Crippen LogP contribution < -0.4 is 5.32 Å². The van der Waals surface area contributed by atoms with E-state index in [0.717, 1.165) is 17.9 Å². The van der Waals surface area contributed by atoms with Gasteiger partial charge in [0.05, 0.1) is 5.52 Å². The van der Waals surface area contributed by atoms with Gasteiger partial charge >= 0.3 is 0 Å². The minimum Gasteiger partial charge on any atom is -0.368 e. The summed E-state index contributed by atoms with van der Waals surface area (Å²) in [5, 5.41) is 4.58. The fourth-order valence-corrected chi connectivity index (χ4v) is 1.63. The molecule has 18 heavy (non-hydrogen) atoms. The monoisotopic (exact) mass is 243 g/mol. The van der Waals surface area contributed by atoms with Crippen LogP contribution in [0.1, 0.15) is 13.8 Å². The second-order valence-corrected chi connectivity index (χ2v) is 5.45. The average Bonchev–Trinajstić information content (AvgIpc) is 2.36. The number of rotatable bonds is 4. The van der Waals surface area contributed by atoms with E-state index in [9.17, 15) is 0 Å². The quantitative estimate of drug-likeness (QED) is 0.894. The lowest BCUT2D eigenvalue weighted by Crippen LogP contribution is -2.44. The largest absolute Gasteiger partial charge is 0.368 e. The van der Waals surface area contributed by atoms with Gasteiger partial charge < -0.3 is 10.2 Å². The number of aromatic nitrogens is 1. The first-order valence-electron chi connectivity index (χ1n) is 6.26. The second kappa shape index (κ2) is 4.94. The smallest absolute Gasteiger partial charge is 0.126 e. The number of anilines is 1. The minimum atomic E-state index is 0.104. The highest BCUT2D eigenvalue weighted by molar-refractivity contribution is 5.80. The molecule has 0 atom stereocenters. The number of hydrogen-bond donors (Lipinski definition) is 1. The van der Waals surface area contributed by atoms with Crippen molar-refractivity contribution in [2.45, 2.75) is 19.4 Å². The molecule has 1 N–H and O–H groups in total. The summed E-state index contributed by atoms with van der Waals surface area (Å²) >= 11 is 0. The van der Waals surface area contributed by atoms with Gasteiger partial charge in [0.25, 0.3) is 0 Å². The van der Waals surface area contributed by atoms with Gasteiger partial charge in [0.2, 0.25) is 0 Å². The molecule has 0 fully saturated rings. The van der Waals surface area contributed by atoms with Gasteiger partial charge in [-0.25, -0.2) is 4.98 Å². The molecular weight excluding hydrogens is 222 g/mol. The number of fused-ring (bicyclic) bond motifs is 1. The van der Waals surface area contributed by atoms with Gasteiger partial charge in [-0.2, -0.15) is 0 Å². The summed E-state index contributed by atoms with van der Waals surface area (Å²) in [6, 6.07) is 12.3. The highest BCUT2D eigenvalue weighted by Crippen LogP contribution is 2.16. The number of para-hydroxylation sites is 1. The van der Waals surface area contributed by atoms with Crippen molar-refractivity contribution >= 4 is 16.7 Å². The van der Waals surface area contributed by atoms with E-state index in [1.807, 2.05) is 24.3 Å². The lowest BCUT2D eigenvalue weighted by atomic mass is 10.0. The van der Waals surface area contributed by atoms with Gasteiger partial charge in [-0.15, -0.1) is 0 Å². The molecule has 0 radical (unpaired) electrons. The third kappa shape index (κ3) is 2.79. The lowest BCUT2D eigenvalue weighted by molar-refractivity contribution is 0.210. The Labute approximate surface area is 109 Å². The highest BCUT2D eigenvalue weighted by atomic mass is 15.2. The van der Waals surface area contributed by atoms with Crippen LogP contribution >= 0.6 is 0 Å². The van der Waals surface area contributed by atoms with Gasteiger partial charge in [-0.05, 0) is 46.1 Å². The molecule has 0 bridgehead atoms. The first-order valence-corrected chi connectivity index (χ1v) is 6.26. The van der Waals surface area contributed by atoms with E-state index in [1.165, 1.54) is 5.39 Å². The number of nitrogens with one attached hydrogen (secondary N) is 1. The minimum absolute atomic E-state index is 0.104. The molecule has 1 heterocycles. The Hall–Kier alpha value is -1.61. The van der Waals surface area contributed by atoms with Crippen LogP contribution in [-0.4, -0.2) is 36.1 Å². The first-order chi connectivity index (χ1) is 8.49.